The van der Waals surface area contributed by atoms with E-state index in [2.05, 4.69) is 0 Å². The van der Waals surface area contributed by atoms with Gasteiger partial charge in [0.25, 0.3) is 0 Å². The van der Waals surface area contributed by atoms with Crippen LogP contribution in [-0.4, -0.2) is 12.3 Å². The van der Waals surface area contributed by atoms with E-state index in [-0.39, 0.29) is 19.8 Å². The summed E-state index contributed by atoms with van der Waals surface area (Å²) in [6.07, 6.45) is 0. The Bertz CT molecular complexity index is 219. The lowest BCUT2D eigenvalue weighted by Gasteiger charge is -1.93. The molecular weight excluding hydrogens is 162 g/mol. The predicted octanol–water partition coefficient (Wildman–Crippen LogP) is 2.49. The van der Waals surface area contributed by atoms with Gasteiger partial charge in [-0.2, -0.15) is 0 Å². The van der Waals surface area contributed by atoms with Gasteiger partial charge < -0.3 is 5.73 Å². The lowest BCUT2D eigenvalue weighted by atomic mass is 10.1. The van der Waals surface area contributed by atoms with Gasteiger partial charge in [0, 0.05) is 5.56 Å². The molecule has 0 bridgehead atoms. The third-order valence-corrected chi connectivity index (χ3v) is 1.28. The van der Waals surface area contributed by atoms with E-state index >= 15 is 0 Å². The molecule has 0 radical (unpaired) electrons. The molecule has 1 aromatic rings. The quantitative estimate of drug-likeness (QED) is 0.712. The fourth-order valence-electron chi connectivity index (χ4n) is 0.742. The molecule has 1 rings (SSSR count). The molecule has 0 aliphatic heterocycles. The van der Waals surface area contributed by atoms with Crippen molar-refractivity contribution in [1.29, 1.82) is 0 Å². The van der Waals surface area contributed by atoms with E-state index in [1.807, 2.05) is 32.0 Å². The Kier molecular flexibility index (Phi) is 9.89. The van der Waals surface area contributed by atoms with E-state index in [1.54, 1.807) is 12.1 Å². The molecule has 0 aliphatic rings. The van der Waals surface area contributed by atoms with E-state index < -0.39 is 0 Å². The van der Waals surface area contributed by atoms with Crippen molar-refractivity contribution in [2.24, 2.45) is 5.73 Å². The summed E-state index contributed by atoms with van der Waals surface area (Å²) in [4.78, 5) is 10.9. The van der Waals surface area contributed by atoms with Crippen molar-refractivity contribution in [2.75, 3.05) is 6.54 Å². The van der Waals surface area contributed by atoms with Crippen molar-refractivity contribution in [2.45, 2.75) is 21.3 Å². The summed E-state index contributed by atoms with van der Waals surface area (Å²) in [5.41, 5.74) is 5.84. The van der Waals surface area contributed by atoms with Crippen molar-refractivity contribution in [1.82, 2.24) is 0 Å². The molecule has 0 atom stereocenters. The Hall–Kier alpha value is -1.15. The second-order valence-electron chi connectivity index (χ2n) is 1.99. The highest BCUT2D eigenvalue weighted by atomic mass is 16.1. The van der Waals surface area contributed by atoms with Gasteiger partial charge in [-0.3, -0.25) is 4.79 Å². The lowest BCUT2D eigenvalue weighted by molar-refractivity contribution is 0.100. The molecule has 13 heavy (non-hydrogen) atoms. The van der Waals surface area contributed by atoms with Crippen molar-refractivity contribution < 1.29 is 4.79 Å². The van der Waals surface area contributed by atoms with Gasteiger partial charge in [0.15, 0.2) is 5.78 Å². The van der Waals surface area contributed by atoms with Crippen LogP contribution in [0.3, 0.4) is 0 Å². The molecule has 0 aliphatic carbocycles. The first kappa shape index (κ1) is 14.4. The molecule has 2 heteroatoms. The third-order valence-electron chi connectivity index (χ3n) is 1.28. The van der Waals surface area contributed by atoms with E-state index in [0.717, 1.165) is 0 Å². The Labute approximate surface area is 80.8 Å². The fraction of sp³-hybridized carbons (Fsp3) is 0.364. The highest BCUT2D eigenvalue weighted by Gasteiger charge is 1.98. The van der Waals surface area contributed by atoms with Crippen LogP contribution < -0.4 is 5.73 Å². The number of benzene rings is 1. The Morgan fingerprint density at radius 3 is 2.08 bits per heavy atom. The van der Waals surface area contributed by atoms with Crippen LogP contribution in [0.5, 0.6) is 0 Å². The van der Waals surface area contributed by atoms with Gasteiger partial charge >= 0.3 is 0 Å². The average molecular weight is 181 g/mol. The van der Waals surface area contributed by atoms with Gasteiger partial charge in [-0.1, -0.05) is 51.6 Å². The summed E-state index contributed by atoms with van der Waals surface area (Å²) in [5.74, 6) is -0.0133. The molecule has 2 N–H and O–H groups in total. The Balaban J connectivity index is 0. The van der Waals surface area contributed by atoms with Gasteiger partial charge in [-0.15, -0.1) is 0 Å². The number of carbonyl (C=O) groups is 1. The summed E-state index contributed by atoms with van der Waals surface area (Å²) < 4.78 is 0. The highest BCUT2D eigenvalue weighted by Crippen LogP contribution is 1.97. The number of hydrogen-bond acceptors (Lipinski definition) is 2. The monoisotopic (exact) mass is 181 g/mol. The zero-order chi connectivity index (χ0) is 9.40. The van der Waals surface area contributed by atoms with Crippen LogP contribution in [0, 0.1) is 0 Å². The van der Waals surface area contributed by atoms with Crippen molar-refractivity contribution in [3.63, 3.8) is 0 Å². The summed E-state index contributed by atoms with van der Waals surface area (Å²) in [7, 11) is 0. The summed E-state index contributed by atoms with van der Waals surface area (Å²) >= 11 is 0. The molecule has 0 aromatic heterocycles. The molecule has 0 saturated carbocycles. The summed E-state index contributed by atoms with van der Waals surface area (Å²) in [6.45, 7) is 4.09. The number of Topliss-reactive ketones (excluding diaryl/α,β-unsaturated/α-hetero) is 1. The second kappa shape index (κ2) is 8.94. The van der Waals surface area contributed by atoms with Crippen LogP contribution in [0.15, 0.2) is 30.3 Å². The van der Waals surface area contributed by atoms with Crippen LogP contribution >= 0.6 is 0 Å². The highest BCUT2D eigenvalue weighted by molar-refractivity contribution is 5.97. The minimum absolute atomic E-state index is 0. The van der Waals surface area contributed by atoms with Gasteiger partial charge in [-0.25, -0.2) is 0 Å². The number of rotatable bonds is 2. The van der Waals surface area contributed by atoms with E-state index in [9.17, 15) is 4.79 Å². The van der Waals surface area contributed by atoms with E-state index in [4.69, 9.17) is 5.73 Å². The largest absolute Gasteiger partial charge is 0.324 e. The molecule has 1 aromatic carbocycles. The molecule has 0 amide bonds. The number of nitrogens with two attached hydrogens (primary N) is 1. The van der Waals surface area contributed by atoms with E-state index in [0.29, 0.717) is 5.56 Å². The van der Waals surface area contributed by atoms with E-state index in [1.165, 1.54) is 0 Å². The van der Waals surface area contributed by atoms with Crippen molar-refractivity contribution in [3.05, 3.63) is 35.9 Å². The standard InChI is InChI=1S/C8H9NO.C2H6.CH4/c9-6-8(10)7-4-2-1-3-5-7;1-2;/h1-5H,6,9H2;1-2H3;1H4. The Morgan fingerprint density at radius 1 is 1.23 bits per heavy atom. The maximum Gasteiger partial charge on any atom is 0.176 e. The molecular formula is C11H19NO. The van der Waals surface area contributed by atoms with Crippen molar-refractivity contribution >= 4 is 5.78 Å². The number of hydrogen-bond donors (Lipinski definition) is 1. The molecule has 0 heterocycles. The smallest absolute Gasteiger partial charge is 0.176 e. The van der Waals surface area contributed by atoms with Crippen LogP contribution in [-0.2, 0) is 0 Å². The first-order valence-corrected chi connectivity index (χ1v) is 4.13. The lowest BCUT2D eigenvalue weighted by Crippen LogP contribution is -2.12. The number of carbonyl (C=O) groups excluding carboxylic acids is 1. The first-order chi connectivity index (χ1) is 5.84. The fourth-order valence-corrected chi connectivity index (χ4v) is 0.742. The Morgan fingerprint density at radius 2 is 1.69 bits per heavy atom. The molecule has 74 valence electrons. The minimum Gasteiger partial charge on any atom is -0.324 e. The molecule has 0 fully saturated rings. The third kappa shape index (κ3) is 5.15. The SMILES string of the molecule is C.CC.NCC(=O)c1ccccc1. The minimum atomic E-state index is -0.0133. The molecule has 0 saturated heterocycles. The second-order valence-corrected chi connectivity index (χ2v) is 1.99. The van der Waals surface area contributed by atoms with Crippen LogP contribution in [0.25, 0.3) is 0 Å². The zero-order valence-electron chi connectivity index (χ0n) is 7.58. The van der Waals surface area contributed by atoms with Crippen LogP contribution in [0.4, 0.5) is 0 Å². The van der Waals surface area contributed by atoms with Crippen LogP contribution in [0.2, 0.25) is 0 Å². The van der Waals surface area contributed by atoms with Gasteiger partial charge in [0.2, 0.25) is 0 Å². The average Bonchev–Trinajstić information content (AvgIpc) is 2.21. The predicted molar refractivity (Wildman–Crippen MR) is 57.9 cm³/mol. The molecule has 0 unspecified atom stereocenters. The molecule has 0 spiro atoms. The van der Waals surface area contributed by atoms with Gasteiger partial charge in [-0.05, 0) is 0 Å². The summed E-state index contributed by atoms with van der Waals surface area (Å²) in [5, 5.41) is 0. The number of ketones is 1. The first-order valence-electron chi connectivity index (χ1n) is 4.13. The topological polar surface area (TPSA) is 43.1 Å². The normalized spacial score (nSPS) is 7.62. The maximum absolute atomic E-state index is 10.9. The van der Waals surface area contributed by atoms with Crippen LogP contribution in [0.1, 0.15) is 31.6 Å². The molecule has 2 nitrogen and oxygen atoms in total. The zero-order valence-corrected chi connectivity index (χ0v) is 7.58. The van der Waals surface area contributed by atoms with Gasteiger partial charge in [0.1, 0.15) is 0 Å². The summed E-state index contributed by atoms with van der Waals surface area (Å²) in [6, 6.07) is 9.03. The van der Waals surface area contributed by atoms with Crippen molar-refractivity contribution in [3.8, 4) is 0 Å². The van der Waals surface area contributed by atoms with Gasteiger partial charge in [0.05, 0.1) is 6.54 Å². The maximum atomic E-state index is 10.9.